The van der Waals surface area contributed by atoms with Gasteiger partial charge in [-0.25, -0.2) is 0 Å². The van der Waals surface area contributed by atoms with Crippen LogP contribution in [0.5, 0.6) is 0 Å². The Hall–Kier alpha value is -1.76. The first-order valence-electron chi connectivity index (χ1n) is 10.6. The van der Waals surface area contributed by atoms with E-state index >= 15 is 0 Å². The first-order chi connectivity index (χ1) is 14.2. The van der Waals surface area contributed by atoms with Crippen LogP contribution in [0.15, 0.2) is 30.3 Å². The number of esters is 1. The summed E-state index contributed by atoms with van der Waals surface area (Å²) in [5.41, 5.74) is 0.0749. The maximum absolute atomic E-state index is 13.3. The van der Waals surface area contributed by atoms with E-state index in [4.69, 9.17) is 18.9 Å². The third-order valence-electron chi connectivity index (χ3n) is 6.02. The molecular formula is C23H32O6. The zero-order valence-electron chi connectivity index (χ0n) is 17.3. The third kappa shape index (κ3) is 5.65. The molecule has 160 valence electrons. The van der Waals surface area contributed by atoms with Gasteiger partial charge in [0.2, 0.25) is 0 Å². The zero-order valence-corrected chi connectivity index (χ0v) is 17.3. The molecule has 0 radical (unpaired) electrons. The fourth-order valence-corrected chi connectivity index (χ4v) is 4.47. The Morgan fingerprint density at radius 1 is 1.17 bits per heavy atom. The highest BCUT2D eigenvalue weighted by atomic mass is 16.7. The zero-order chi connectivity index (χ0) is 20.5. The summed E-state index contributed by atoms with van der Waals surface area (Å²) >= 11 is 0. The Balaban J connectivity index is 1.53. The Kier molecular flexibility index (Phi) is 8.21. The maximum atomic E-state index is 13.3. The summed E-state index contributed by atoms with van der Waals surface area (Å²) in [5, 5.41) is 0. The van der Waals surface area contributed by atoms with E-state index in [-0.39, 0.29) is 18.0 Å². The van der Waals surface area contributed by atoms with E-state index < -0.39 is 11.4 Å². The van der Waals surface area contributed by atoms with Crippen molar-refractivity contribution in [3.8, 4) is 0 Å². The molecule has 0 amide bonds. The first kappa shape index (κ1) is 21.9. The molecule has 0 bridgehead atoms. The highest BCUT2D eigenvalue weighted by Crippen LogP contribution is 2.42. The van der Waals surface area contributed by atoms with E-state index in [0.29, 0.717) is 58.5 Å². The number of carbonyl (C=O) groups excluding carboxylic acids is 2. The van der Waals surface area contributed by atoms with E-state index in [1.807, 2.05) is 30.3 Å². The van der Waals surface area contributed by atoms with E-state index in [1.54, 1.807) is 0 Å². The van der Waals surface area contributed by atoms with Crippen LogP contribution < -0.4 is 0 Å². The van der Waals surface area contributed by atoms with Crippen LogP contribution in [0.2, 0.25) is 0 Å². The number of rotatable bonds is 10. The van der Waals surface area contributed by atoms with Crippen molar-refractivity contribution in [2.45, 2.75) is 57.8 Å². The molecule has 1 heterocycles. The fourth-order valence-electron chi connectivity index (χ4n) is 4.47. The molecule has 29 heavy (non-hydrogen) atoms. The van der Waals surface area contributed by atoms with Gasteiger partial charge in [0, 0.05) is 12.5 Å². The molecule has 1 aliphatic heterocycles. The lowest BCUT2D eigenvalue weighted by Crippen LogP contribution is -2.46. The molecule has 2 atom stereocenters. The summed E-state index contributed by atoms with van der Waals surface area (Å²) in [5.74, 6) is -0.513. The summed E-state index contributed by atoms with van der Waals surface area (Å²) in [4.78, 5) is 26.0. The lowest BCUT2D eigenvalue weighted by Gasteiger charge is -2.37. The molecule has 0 N–H and O–H groups in total. The van der Waals surface area contributed by atoms with Crippen molar-refractivity contribution < 1.29 is 28.5 Å². The molecular weight excluding hydrogens is 372 g/mol. The van der Waals surface area contributed by atoms with Crippen LogP contribution in [0, 0.1) is 11.3 Å². The number of ether oxygens (including phenoxy) is 4. The van der Waals surface area contributed by atoms with Crippen LogP contribution in [-0.2, 0) is 35.1 Å². The maximum Gasteiger partial charge on any atom is 0.319 e. The Labute approximate surface area is 172 Å². The minimum absolute atomic E-state index is 0.0247. The molecule has 6 heteroatoms. The minimum atomic E-state index is -1.04. The van der Waals surface area contributed by atoms with Crippen LogP contribution in [0.3, 0.4) is 0 Å². The number of ketones is 1. The molecule has 1 aromatic carbocycles. The molecule has 6 nitrogen and oxygen atoms in total. The SMILES string of the molecule is COC(=O)C1(CCCOCc2ccccc2)CCCC(CCC2OCCO2)C1=O. The number of carbonyl (C=O) groups is 2. The molecule has 1 saturated carbocycles. The Morgan fingerprint density at radius 2 is 1.93 bits per heavy atom. The molecule has 1 aliphatic carbocycles. The first-order valence-corrected chi connectivity index (χ1v) is 10.6. The van der Waals surface area contributed by atoms with Gasteiger partial charge in [-0.3, -0.25) is 9.59 Å². The highest BCUT2D eigenvalue weighted by molar-refractivity contribution is 6.05. The second kappa shape index (κ2) is 10.9. The summed E-state index contributed by atoms with van der Waals surface area (Å²) in [6.45, 7) is 2.26. The molecule has 0 aromatic heterocycles. The van der Waals surface area contributed by atoms with Gasteiger partial charge in [-0.2, -0.15) is 0 Å². The fraction of sp³-hybridized carbons (Fsp3) is 0.652. The lowest BCUT2D eigenvalue weighted by molar-refractivity contribution is -0.163. The standard InChI is InChI=1S/C23H32O6/c1-26-22(25)23(13-6-14-27-17-18-7-3-2-4-8-18)12-5-9-19(21(23)24)10-11-20-28-15-16-29-20/h2-4,7-8,19-20H,5-6,9-17H2,1H3. The molecule has 2 aliphatic rings. The van der Waals surface area contributed by atoms with Gasteiger partial charge < -0.3 is 18.9 Å². The molecule has 1 aromatic rings. The predicted molar refractivity (Wildman–Crippen MR) is 107 cm³/mol. The monoisotopic (exact) mass is 404 g/mol. The van der Waals surface area contributed by atoms with Crippen LogP contribution in [0.25, 0.3) is 0 Å². The molecule has 0 spiro atoms. The second-order valence-electron chi connectivity index (χ2n) is 7.92. The quantitative estimate of drug-likeness (QED) is 0.337. The predicted octanol–water partition coefficient (Wildman–Crippen LogP) is 3.67. The number of hydrogen-bond donors (Lipinski definition) is 0. The number of hydrogen-bond acceptors (Lipinski definition) is 6. The van der Waals surface area contributed by atoms with Gasteiger partial charge in [0.25, 0.3) is 0 Å². The van der Waals surface area contributed by atoms with Gasteiger partial charge in [0.05, 0.1) is 26.9 Å². The summed E-state index contributed by atoms with van der Waals surface area (Å²) in [6.07, 6.45) is 4.50. The summed E-state index contributed by atoms with van der Waals surface area (Å²) < 4.78 is 21.8. The molecule has 2 unspecified atom stereocenters. The van der Waals surface area contributed by atoms with Crippen LogP contribution in [-0.4, -0.2) is 45.0 Å². The largest absolute Gasteiger partial charge is 0.468 e. The second-order valence-corrected chi connectivity index (χ2v) is 7.92. The van der Waals surface area contributed by atoms with Gasteiger partial charge in [0.1, 0.15) is 5.41 Å². The van der Waals surface area contributed by atoms with E-state index in [9.17, 15) is 9.59 Å². The molecule has 2 fully saturated rings. The van der Waals surface area contributed by atoms with Crippen molar-refractivity contribution in [1.82, 2.24) is 0 Å². The topological polar surface area (TPSA) is 71.1 Å². The molecule has 3 rings (SSSR count). The van der Waals surface area contributed by atoms with E-state index in [2.05, 4.69) is 0 Å². The van der Waals surface area contributed by atoms with E-state index in [1.165, 1.54) is 7.11 Å². The van der Waals surface area contributed by atoms with Gasteiger partial charge in [-0.1, -0.05) is 36.8 Å². The van der Waals surface area contributed by atoms with Crippen LogP contribution in [0.4, 0.5) is 0 Å². The van der Waals surface area contributed by atoms with Gasteiger partial charge in [0.15, 0.2) is 12.1 Å². The Bertz CT molecular complexity index is 655. The van der Waals surface area contributed by atoms with Gasteiger partial charge in [-0.05, 0) is 44.1 Å². The normalized spacial score (nSPS) is 25.3. The van der Waals surface area contributed by atoms with E-state index in [0.717, 1.165) is 18.4 Å². The van der Waals surface area contributed by atoms with Crippen molar-refractivity contribution in [3.05, 3.63) is 35.9 Å². The summed E-state index contributed by atoms with van der Waals surface area (Å²) in [7, 11) is 1.37. The lowest BCUT2D eigenvalue weighted by atomic mass is 9.65. The van der Waals surface area contributed by atoms with Crippen molar-refractivity contribution >= 4 is 11.8 Å². The van der Waals surface area contributed by atoms with Gasteiger partial charge in [-0.15, -0.1) is 0 Å². The smallest absolute Gasteiger partial charge is 0.319 e. The van der Waals surface area contributed by atoms with Crippen molar-refractivity contribution in [1.29, 1.82) is 0 Å². The minimum Gasteiger partial charge on any atom is -0.468 e. The number of benzene rings is 1. The Morgan fingerprint density at radius 3 is 2.66 bits per heavy atom. The summed E-state index contributed by atoms with van der Waals surface area (Å²) in [6, 6.07) is 9.96. The van der Waals surface area contributed by atoms with Crippen molar-refractivity contribution in [2.24, 2.45) is 11.3 Å². The van der Waals surface area contributed by atoms with Crippen LogP contribution in [0.1, 0.15) is 50.5 Å². The van der Waals surface area contributed by atoms with Gasteiger partial charge >= 0.3 is 5.97 Å². The third-order valence-corrected chi connectivity index (χ3v) is 6.02. The average Bonchev–Trinajstić information content (AvgIpc) is 3.27. The number of methoxy groups -OCH3 is 1. The average molecular weight is 405 g/mol. The van der Waals surface area contributed by atoms with Crippen molar-refractivity contribution in [2.75, 3.05) is 26.9 Å². The van der Waals surface area contributed by atoms with Crippen molar-refractivity contribution in [3.63, 3.8) is 0 Å². The molecule has 1 saturated heterocycles. The van der Waals surface area contributed by atoms with Crippen LogP contribution >= 0.6 is 0 Å². The highest BCUT2D eigenvalue weighted by Gasteiger charge is 2.50. The number of Topliss-reactive ketones (excluding diaryl/α,β-unsaturated/α-hetero) is 1.